The first kappa shape index (κ1) is 20.4. The highest BCUT2D eigenvalue weighted by Gasteiger charge is 2.11. The van der Waals surface area contributed by atoms with Crippen molar-refractivity contribution in [2.75, 3.05) is 0 Å². The molecule has 8 heteroatoms. The normalized spacial score (nSPS) is 9.93. The van der Waals surface area contributed by atoms with Gasteiger partial charge in [-0.15, -0.1) is 0 Å². The molecule has 0 unspecified atom stereocenters. The van der Waals surface area contributed by atoms with Crippen molar-refractivity contribution in [3.05, 3.63) is 65.4 Å². The molecule has 0 spiro atoms. The summed E-state index contributed by atoms with van der Waals surface area (Å²) in [5.74, 6) is 0.542. The number of amidine groups is 2. The lowest BCUT2D eigenvalue weighted by Gasteiger charge is -2.05. The van der Waals surface area contributed by atoms with E-state index in [4.69, 9.17) is 36.6 Å². The molecule has 144 valence electrons. The summed E-state index contributed by atoms with van der Waals surface area (Å²) < 4.78 is 5.90. The number of nitrogens with two attached hydrogens (primary N) is 2. The monoisotopic (exact) mass is 379 g/mol. The van der Waals surface area contributed by atoms with E-state index < -0.39 is 5.97 Å². The smallest absolute Gasteiger partial charge is 0.300 e. The highest BCUT2D eigenvalue weighted by atomic mass is 16.4. The van der Waals surface area contributed by atoms with Crippen molar-refractivity contribution in [2.45, 2.75) is 13.8 Å². The van der Waals surface area contributed by atoms with Gasteiger partial charge >= 0.3 is 0 Å². The Balaban J connectivity index is 0.000000640. The number of nitrogen functional groups attached to an aromatic ring is 2. The van der Waals surface area contributed by atoms with Gasteiger partial charge in [0.2, 0.25) is 0 Å². The van der Waals surface area contributed by atoms with Crippen LogP contribution in [0, 0.1) is 17.7 Å². The maximum absolute atomic E-state index is 9.00. The standard InChI is InChI=1S/C18H17N5O.C2H4O2/c1-10-8-11(17(19)20)2-4-13(10)15-6-7-16(24-15)14-5-3-12(9-23-14)18(21)22;1-2(3)4/h2-9H,1H3,(H3,19,20)(H3,21,22);1H3,(H,3,4). The van der Waals surface area contributed by atoms with Crippen molar-refractivity contribution in [3.8, 4) is 22.8 Å². The Morgan fingerprint density at radius 3 is 2.07 bits per heavy atom. The van der Waals surface area contributed by atoms with E-state index in [-0.39, 0.29) is 11.7 Å². The SMILES string of the molecule is CC(=O)O.Cc1cc(C(=N)N)ccc1-c1ccc(-c2ccc(C(=N)N)cn2)o1. The Bertz CT molecular complexity index is 1020. The van der Waals surface area contributed by atoms with Gasteiger partial charge in [0.1, 0.15) is 23.1 Å². The predicted molar refractivity (Wildman–Crippen MR) is 107 cm³/mol. The first-order valence-electron chi connectivity index (χ1n) is 8.24. The number of aromatic nitrogens is 1. The molecule has 0 aliphatic heterocycles. The second-order valence-corrected chi connectivity index (χ2v) is 5.97. The zero-order chi connectivity index (χ0) is 20.8. The third kappa shape index (κ3) is 5.04. The van der Waals surface area contributed by atoms with Crippen molar-refractivity contribution in [1.29, 1.82) is 10.8 Å². The van der Waals surface area contributed by atoms with E-state index in [1.807, 2.05) is 31.2 Å². The fourth-order valence-corrected chi connectivity index (χ4v) is 2.43. The van der Waals surface area contributed by atoms with Gasteiger partial charge in [0.25, 0.3) is 5.97 Å². The summed E-state index contributed by atoms with van der Waals surface area (Å²) in [5, 5.41) is 22.3. The van der Waals surface area contributed by atoms with Crippen molar-refractivity contribution >= 4 is 17.6 Å². The Morgan fingerprint density at radius 2 is 1.57 bits per heavy atom. The van der Waals surface area contributed by atoms with Crippen LogP contribution in [0.15, 0.2) is 53.1 Å². The number of carboxylic acid groups (broad SMARTS) is 1. The molecule has 7 N–H and O–H groups in total. The number of hydrogen-bond acceptors (Lipinski definition) is 5. The molecule has 0 bridgehead atoms. The minimum absolute atomic E-state index is 0.0182. The Morgan fingerprint density at radius 1 is 1.00 bits per heavy atom. The summed E-state index contributed by atoms with van der Waals surface area (Å²) in [6.07, 6.45) is 1.55. The van der Waals surface area contributed by atoms with E-state index in [9.17, 15) is 0 Å². The third-order valence-electron chi connectivity index (χ3n) is 3.74. The van der Waals surface area contributed by atoms with Crippen LogP contribution in [0.25, 0.3) is 22.8 Å². The molecule has 0 saturated carbocycles. The van der Waals surface area contributed by atoms with E-state index in [0.717, 1.165) is 23.8 Å². The van der Waals surface area contributed by atoms with Gasteiger partial charge in [-0.1, -0.05) is 12.1 Å². The van der Waals surface area contributed by atoms with Crippen LogP contribution < -0.4 is 11.5 Å². The fourth-order valence-electron chi connectivity index (χ4n) is 2.43. The van der Waals surface area contributed by atoms with Crippen LogP contribution in [0.3, 0.4) is 0 Å². The molecular formula is C20H21N5O3. The van der Waals surface area contributed by atoms with Gasteiger partial charge < -0.3 is 21.0 Å². The van der Waals surface area contributed by atoms with E-state index in [0.29, 0.717) is 22.6 Å². The van der Waals surface area contributed by atoms with Crippen LogP contribution in [0.5, 0.6) is 0 Å². The van der Waals surface area contributed by atoms with Crippen molar-refractivity contribution in [1.82, 2.24) is 4.98 Å². The molecule has 2 heterocycles. The summed E-state index contributed by atoms with van der Waals surface area (Å²) in [4.78, 5) is 13.3. The number of pyridine rings is 1. The number of furan rings is 1. The molecule has 28 heavy (non-hydrogen) atoms. The summed E-state index contributed by atoms with van der Waals surface area (Å²) >= 11 is 0. The molecule has 0 amide bonds. The number of aryl methyl sites for hydroxylation is 1. The number of hydrogen-bond donors (Lipinski definition) is 5. The molecule has 0 saturated heterocycles. The molecule has 3 rings (SSSR count). The Kier molecular flexibility index (Phi) is 6.28. The number of nitrogens with one attached hydrogen (secondary N) is 2. The average molecular weight is 379 g/mol. The lowest BCUT2D eigenvalue weighted by molar-refractivity contribution is -0.134. The number of benzene rings is 1. The summed E-state index contributed by atoms with van der Waals surface area (Å²) in [5.41, 5.74) is 14.8. The summed E-state index contributed by atoms with van der Waals surface area (Å²) in [6.45, 7) is 3.03. The lowest BCUT2D eigenvalue weighted by Crippen LogP contribution is -2.11. The van der Waals surface area contributed by atoms with E-state index >= 15 is 0 Å². The maximum Gasteiger partial charge on any atom is 0.300 e. The molecular weight excluding hydrogens is 358 g/mol. The van der Waals surface area contributed by atoms with Crippen LogP contribution in [0.1, 0.15) is 23.6 Å². The molecule has 0 fully saturated rings. The molecule has 8 nitrogen and oxygen atoms in total. The topological polar surface area (TPSA) is 163 Å². The summed E-state index contributed by atoms with van der Waals surface area (Å²) in [6, 6.07) is 12.8. The van der Waals surface area contributed by atoms with Gasteiger partial charge in [0.05, 0.1) is 0 Å². The highest BCUT2D eigenvalue weighted by molar-refractivity contribution is 5.96. The zero-order valence-electron chi connectivity index (χ0n) is 15.5. The lowest BCUT2D eigenvalue weighted by atomic mass is 10.0. The van der Waals surface area contributed by atoms with Gasteiger partial charge in [-0.05, 0) is 42.8 Å². The van der Waals surface area contributed by atoms with E-state index in [1.165, 1.54) is 0 Å². The van der Waals surface area contributed by atoms with Crippen LogP contribution >= 0.6 is 0 Å². The number of aliphatic carboxylic acids is 1. The van der Waals surface area contributed by atoms with Gasteiger partial charge in [0.15, 0.2) is 5.76 Å². The van der Waals surface area contributed by atoms with Crippen molar-refractivity contribution in [3.63, 3.8) is 0 Å². The number of carboxylic acids is 1. The predicted octanol–water partition coefficient (Wildman–Crippen LogP) is 2.98. The van der Waals surface area contributed by atoms with Crippen LogP contribution in [-0.2, 0) is 4.79 Å². The fraction of sp³-hybridized carbons (Fsp3) is 0.100. The van der Waals surface area contributed by atoms with Gasteiger partial charge in [-0.25, -0.2) is 0 Å². The van der Waals surface area contributed by atoms with Crippen LogP contribution in [-0.4, -0.2) is 27.7 Å². The molecule has 3 aromatic rings. The molecule has 0 aliphatic rings. The largest absolute Gasteiger partial charge is 0.481 e. The second kappa shape index (κ2) is 8.63. The second-order valence-electron chi connectivity index (χ2n) is 5.97. The molecule has 0 aliphatic carbocycles. The Hall–Kier alpha value is -3.94. The molecule has 1 aromatic carbocycles. The minimum Gasteiger partial charge on any atom is -0.481 e. The summed E-state index contributed by atoms with van der Waals surface area (Å²) in [7, 11) is 0. The molecule has 0 radical (unpaired) electrons. The first-order chi connectivity index (χ1) is 13.2. The van der Waals surface area contributed by atoms with Crippen LogP contribution in [0.2, 0.25) is 0 Å². The number of carbonyl (C=O) groups is 1. The maximum atomic E-state index is 9.00. The quantitative estimate of drug-likeness (QED) is 0.345. The number of rotatable bonds is 4. The molecule has 2 aromatic heterocycles. The van der Waals surface area contributed by atoms with Crippen molar-refractivity contribution < 1.29 is 14.3 Å². The first-order valence-corrected chi connectivity index (χ1v) is 8.24. The van der Waals surface area contributed by atoms with Crippen LogP contribution in [0.4, 0.5) is 0 Å². The minimum atomic E-state index is -0.833. The Labute approximate surface area is 161 Å². The van der Waals surface area contributed by atoms with Crippen molar-refractivity contribution in [2.24, 2.45) is 11.5 Å². The zero-order valence-corrected chi connectivity index (χ0v) is 15.5. The number of nitrogens with zero attached hydrogens (tertiary/aromatic N) is 1. The van der Waals surface area contributed by atoms with Gasteiger partial charge in [-0.2, -0.15) is 0 Å². The van der Waals surface area contributed by atoms with E-state index in [2.05, 4.69) is 4.98 Å². The van der Waals surface area contributed by atoms with Gasteiger partial charge in [0, 0.05) is 29.8 Å². The van der Waals surface area contributed by atoms with E-state index in [1.54, 1.807) is 24.4 Å². The average Bonchev–Trinajstić information content (AvgIpc) is 3.11. The molecule has 0 atom stereocenters. The van der Waals surface area contributed by atoms with Gasteiger partial charge in [-0.3, -0.25) is 20.6 Å². The third-order valence-corrected chi connectivity index (χ3v) is 3.74. The highest BCUT2D eigenvalue weighted by Crippen LogP contribution is 2.30.